The van der Waals surface area contributed by atoms with Crippen molar-refractivity contribution >= 4 is 23.2 Å². The Bertz CT molecular complexity index is 877. The van der Waals surface area contributed by atoms with Crippen molar-refractivity contribution in [2.45, 2.75) is 46.6 Å². The number of carbonyl (C=O) groups is 2. The Hall–Kier alpha value is -2.34. The number of thiophene rings is 1. The van der Waals surface area contributed by atoms with Crippen molar-refractivity contribution in [2.24, 2.45) is 5.92 Å². The molecule has 2 amide bonds. The highest BCUT2D eigenvalue weighted by atomic mass is 32.1. The Morgan fingerprint density at radius 1 is 1.27 bits per heavy atom. The minimum Gasteiger partial charge on any atom is -0.491 e. The molecule has 0 fully saturated rings. The molecule has 0 saturated carbocycles. The number of hydrogen-bond acceptors (Lipinski definition) is 4. The molecule has 6 heteroatoms. The van der Waals surface area contributed by atoms with Crippen LogP contribution in [0.1, 0.15) is 49.2 Å². The molecule has 2 heterocycles. The Morgan fingerprint density at radius 3 is 2.73 bits per heavy atom. The molecular weight excluding hydrogens is 396 g/mol. The maximum Gasteiger partial charge on any atom is 0.242 e. The van der Waals surface area contributed by atoms with Gasteiger partial charge in [-0.1, -0.05) is 39.0 Å². The number of aryl methyl sites for hydroxylation is 1. The minimum atomic E-state index is -0.135. The van der Waals surface area contributed by atoms with Gasteiger partial charge in [0, 0.05) is 24.4 Å². The monoisotopic (exact) mass is 428 g/mol. The molecule has 0 spiro atoms. The molecule has 1 atom stereocenters. The molecule has 1 aliphatic heterocycles. The van der Waals surface area contributed by atoms with Crippen LogP contribution in [0, 0.1) is 12.8 Å². The van der Waals surface area contributed by atoms with Gasteiger partial charge < -0.3 is 14.5 Å². The van der Waals surface area contributed by atoms with Crippen LogP contribution in [0.4, 0.5) is 0 Å². The van der Waals surface area contributed by atoms with Gasteiger partial charge in [0.15, 0.2) is 0 Å². The van der Waals surface area contributed by atoms with Crippen molar-refractivity contribution in [2.75, 3.05) is 26.2 Å². The van der Waals surface area contributed by atoms with Crippen LogP contribution in [0.5, 0.6) is 5.75 Å². The maximum absolute atomic E-state index is 13.3. The summed E-state index contributed by atoms with van der Waals surface area (Å²) < 4.78 is 6.15. The number of rotatable bonds is 8. The van der Waals surface area contributed by atoms with Crippen molar-refractivity contribution < 1.29 is 14.3 Å². The van der Waals surface area contributed by atoms with Crippen LogP contribution in [0.15, 0.2) is 35.7 Å². The first kappa shape index (κ1) is 22.3. The van der Waals surface area contributed by atoms with Gasteiger partial charge in [0.1, 0.15) is 12.4 Å². The van der Waals surface area contributed by atoms with Crippen molar-refractivity contribution in [1.82, 2.24) is 9.80 Å². The summed E-state index contributed by atoms with van der Waals surface area (Å²) >= 11 is 1.74. The highest BCUT2D eigenvalue weighted by Crippen LogP contribution is 2.34. The zero-order chi connectivity index (χ0) is 21.7. The number of para-hydroxylation sites is 1. The van der Waals surface area contributed by atoms with Crippen molar-refractivity contribution in [3.8, 4) is 5.75 Å². The topological polar surface area (TPSA) is 49.9 Å². The molecular formula is C24H32N2O3S. The van der Waals surface area contributed by atoms with Gasteiger partial charge in [0.2, 0.25) is 11.8 Å². The average molecular weight is 429 g/mol. The Morgan fingerprint density at radius 2 is 2.03 bits per heavy atom. The van der Waals surface area contributed by atoms with Gasteiger partial charge in [-0.2, -0.15) is 0 Å². The predicted octanol–water partition coefficient (Wildman–Crippen LogP) is 4.46. The molecule has 0 bridgehead atoms. The molecule has 5 nitrogen and oxygen atoms in total. The van der Waals surface area contributed by atoms with E-state index < -0.39 is 0 Å². The first-order valence-corrected chi connectivity index (χ1v) is 11.6. The zero-order valence-corrected chi connectivity index (χ0v) is 19.2. The molecule has 0 unspecified atom stereocenters. The van der Waals surface area contributed by atoms with Crippen molar-refractivity contribution in [1.29, 1.82) is 0 Å². The van der Waals surface area contributed by atoms with Crippen molar-refractivity contribution in [3.05, 3.63) is 51.7 Å². The molecule has 0 aliphatic carbocycles. The van der Waals surface area contributed by atoms with Gasteiger partial charge >= 0.3 is 0 Å². The maximum atomic E-state index is 13.3. The number of carbonyl (C=O) groups excluding carboxylic acids is 2. The van der Waals surface area contributed by atoms with Gasteiger partial charge in [-0.25, -0.2) is 0 Å². The first-order valence-electron chi connectivity index (χ1n) is 10.7. The third kappa shape index (κ3) is 5.22. The van der Waals surface area contributed by atoms with Crippen LogP contribution in [-0.4, -0.2) is 47.9 Å². The fourth-order valence-electron chi connectivity index (χ4n) is 3.93. The highest BCUT2D eigenvalue weighted by molar-refractivity contribution is 7.10. The van der Waals surface area contributed by atoms with Crippen LogP contribution in [0.25, 0.3) is 0 Å². The van der Waals surface area contributed by atoms with E-state index in [4.69, 9.17) is 4.74 Å². The van der Waals surface area contributed by atoms with Crippen molar-refractivity contribution in [3.63, 3.8) is 0 Å². The van der Waals surface area contributed by atoms with Crippen LogP contribution >= 0.6 is 11.3 Å². The second-order valence-electron chi connectivity index (χ2n) is 8.25. The molecule has 162 valence electrons. The lowest BCUT2D eigenvalue weighted by molar-refractivity contribution is -0.143. The fourth-order valence-corrected chi connectivity index (χ4v) is 4.86. The van der Waals surface area contributed by atoms with E-state index in [2.05, 4.69) is 25.3 Å². The summed E-state index contributed by atoms with van der Waals surface area (Å²) in [5.74, 6) is 1.18. The molecule has 0 saturated heterocycles. The van der Waals surface area contributed by atoms with E-state index in [-0.39, 0.29) is 24.4 Å². The molecule has 1 aromatic carbocycles. The van der Waals surface area contributed by atoms with Gasteiger partial charge in [-0.15, -0.1) is 11.3 Å². The summed E-state index contributed by atoms with van der Waals surface area (Å²) in [4.78, 5) is 30.6. The van der Waals surface area contributed by atoms with E-state index in [0.717, 1.165) is 17.7 Å². The molecule has 0 radical (unpaired) electrons. The summed E-state index contributed by atoms with van der Waals surface area (Å²) in [6, 6.07) is 9.91. The minimum absolute atomic E-state index is 0.00677. The number of fused-ring (bicyclic) bond motifs is 1. The summed E-state index contributed by atoms with van der Waals surface area (Å²) in [6.07, 6.45) is 1.26. The van der Waals surface area contributed by atoms with E-state index >= 15 is 0 Å². The molecule has 1 aliphatic rings. The van der Waals surface area contributed by atoms with E-state index in [1.807, 2.05) is 43.0 Å². The lowest BCUT2D eigenvalue weighted by atomic mass is 10.00. The van der Waals surface area contributed by atoms with Crippen LogP contribution < -0.4 is 4.74 Å². The van der Waals surface area contributed by atoms with Gasteiger partial charge in [-0.05, 0) is 47.9 Å². The number of benzene rings is 1. The smallest absolute Gasteiger partial charge is 0.242 e. The predicted molar refractivity (Wildman–Crippen MR) is 121 cm³/mol. The van der Waals surface area contributed by atoms with E-state index in [1.54, 1.807) is 16.2 Å². The van der Waals surface area contributed by atoms with E-state index in [1.165, 1.54) is 10.4 Å². The average Bonchev–Trinajstić information content (AvgIpc) is 3.20. The second-order valence-corrected chi connectivity index (χ2v) is 9.25. The molecule has 3 rings (SSSR count). The van der Waals surface area contributed by atoms with Crippen LogP contribution in [-0.2, 0) is 16.0 Å². The number of amides is 2. The molecule has 0 N–H and O–H groups in total. The Balaban J connectivity index is 1.78. The largest absolute Gasteiger partial charge is 0.491 e. The summed E-state index contributed by atoms with van der Waals surface area (Å²) in [7, 11) is 0. The quantitative estimate of drug-likeness (QED) is 0.624. The Kier molecular flexibility index (Phi) is 7.53. The molecule has 1 aromatic heterocycles. The summed E-state index contributed by atoms with van der Waals surface area (Å²) in [5.41, 5.74) is 2.25. The normalized spacial score (nSPS) is 15.8. The fraction of sp³-hybridized carbons (Fsp3) is 0.500. The summed E-state index contributed by atoms with van der Waals surface area (Å²) in [5, 5.41) is 2.09. The van der Waals surface area contributed by atoms with Gasteiger partial charge in [0.25, 0.3) is 0 Å². The third-order valence-electron chi connectivity index (χ3n) is 5.47. The SMILES string of the molecule is CCC(=O)N(CC(=O)N1CCc2sccc2[C@H]1COc1ccccc1C)CC(C)C. The third-order valence-corrected chi connectivity index (χ3v) is 6.47. The number of nitrogens with zero attached hydrogens (tertiary/aromatic N) is 2. The lowest BCUT2D eigenvalue weighted by Gasteiger charge is -2.37. The van der Waals surface area contributed by atoms with Gasteiger partial charge in [0.05, 0.1) is 12.6 Å². The highest BCUT2D eigenvalue weighted by Gasteiger charge is 2.33. The van der Waals surface area contributed by atoms with Gasteiger partial charge in [-0.3, -0.25) is 9.59 Å². The molecule has 30 heavy (non-hydrogen) atoms. The first-order chi connectivity index (χ1) is 14.4. The lowest BCUT2D eigenvalue weighted by Crippen LogP contribution is -2.48. The van der Waals surface area contributed by atoms with E-state index in [9.17, 15) is 9.59 Å². The molecule has 2 aromatic rings. The standard InChI is InChI=1S/C24H32N2O3S/c1-5-23(27)25(14-17(2)3)15-24(28)26-12-10-22-19(11-13-30-22)20(26)16-29-21-9-7-6-8-18(21)4/h6-9,11,13,17,20H,5,10,12,14-16H2,1-4H3/t20-/m1/s1. The van der Waals surface area contributed by atoms with E-state index in [0.29, 0.717) is 32.0 Å². The second kappa shape index (κ2) is 10.1. The summed E-state index contributed by atoms with van der Waals surface area (Å²) in [6.45, 7) is 9.80. The zero-order valence-electron chi connectivity index (χ0n) is 18.4. The van der Waals surface area contributed by atoms with Crippen LogP contribution in [0.2, 0.25) is 0 Å². The number of ether oxygens (including phenoxy) is 1. The number of hydrogen-bond donors (Lipinski definition) is 0. The Labute approximate surface area is 183 Å². The van der Waals surface area contributed by atoms with Crippen LogP contribution in [0.3, 0.4) is 0 Å².